The lowest BCUT2D eigenvalue weighted by Gasteiger charge is -2.26. The van der Waals surface area contributed by atoms with Gasteiger partial charge in [-0.1, -0.05) is 6.07 Å². The van der Waals surface area contributed by atoms with Gasteiger partial charge in [0.1, 0.15) is 5.82 Å². The first kappa shape index (κ1) is 23.1. The molecule has 2 N–H and O–H groups in total. The van der Waals surface area contributed by atoms with Crippen molar-refractivity contribution in [2.45, 2.75) is 13.1 Å². The summed E-state index contributed by atoms with van der Waals surface area (Å²) in [5.74, 6) is 0.595. The van der Waals surface area contributed by atoms with Crippen LogP contribution in [0.3, 0.4) is 0 Å². The Bertz CT molecular complexity index is 565. The molecule has 26 heavy (non-hydrogen) atoms. The van der Waals surface area contributed by atoms with E-state index in [2.05, 4.69) is 20.5 Å². The summed E-state index contributed by atoms with van der Waals surface area (Å²) in [6.45, 7) is 6.59. The van der Waals surface area contributed by atoms with E-state index in [1.807, 2.05) is 31.1 Å². The quantitative estimate of drug-likeness (QED) is 0.353. The van der Waals surface area contributed by atoms with Gasteiger partial charge in [-0.2, -0.15) is 0 Å². The molecule has 0 atom stereocenters. The van der Waals surface area contributed by atoms with Gasteiger partial charge in [0.2, 0.25) is 0 Å². The average Bonchev–Trinajstić information content (AvgIpc) is 2.61. The molecule has 1 aromatic carbocycles. The Morgan fingerprint density at radius 2 is 2.00 bits per heavy atom. The topological polar surface area (TPSA) is 52.1 Å². The Hall–Kier alpha value is -0.970. The first-order chi connectivity index (χ1) is 12.1. The lowest BCUT2D eigenvalue weighted by atomic mass is 10.1. The molecule has 2 rings (SSSR count). The van der Waals surface area contributed by atoms with Gasteiger partial charge in [-0.05, 0) is 31.8 Å². The minimum Gasteiger partial charge on any atom is -0.379 e. The van der Waals surface area contributed by atoms with E-state index in [1.165, 1.54) is 6.07 Å². The van der Waals surface area contributed by atoms with Crippen LogP contribution in [0.5, 0.6) is 0 Å². The van der Waals surface area contributed by atoms with Crippen LogP contribution >= 0.6 is 24.0 Å². The fourth-order valence-corrected chi connectivity index (χ4v) is 2.76. The lowest BCUT2D eigenvalue weighted by Crippen LogP contribution is -2.44. The largest absolute Gasteiger partial charge is 0.379 e. The summed E-state index contributed by atoms with van der Waals surface area (Å²) in [6, 6.07) is 5.25. The maximum absolute atomic E-state index is 13.8. The molecule has 6 nitrogen and oxygen atoms in total. The summed E-state index contributed by atoms with van der Waals surface area (Å²) in [6.07, 6.45) is 0. The predicted molar refractivity (Wildman–Crippen MR) is 115 cm³/mol. The minimum atomic E-state index is -0.162. The average molecular weight is 479 g/mol. The van der Waals surface area contributed by atoms with Crippen molar-refractivity contribution in [3.63, 3.8) is 0 Å². The monoisotopic (exact) mass is 479 g/mol. The van der Waals surface area contributed by atoms with E-state index in [-0.39, 0.29) is 29.8 Å². The highest BCUT2D eigenvalue weighted by atomic mass is 127. The first-order valence-corrected chi connectivity index (χ1v) is 8.75. The van der Waals surface area contributed by atoms with Crippen molar-refractivity contribution in [3.8, 4) is 0 Å². The summed E-state index contributed by atoms with van der Waals surface area (Å²) in [5, 5.41) is 6.60. The Morgan fingerprint density at radius 1 is 1.27 bits per heavy atom. The number of nitrogens with one attached hydrogen (secondary N) is 2. The van der Waals surface area contributed by atoms with Crippen LogP contribution in [0.25, 0.3) is 0 Å². The number of hydrogen-bond donors (Lipinski definition) is 2. The van der Waals surface area contributed by atoms with Crippen molar-refractivity contribution in [2.75, 3.05) is 60.5 Å². The van der Waals surface area contributed by atoms with Gasteiger partial charge in [-0.25, -0.2) is 4.39 Å². The molecule has 1 saturated heterocycles. The smallest absolute Gasteiger partial charge is 0.191 e. The van der Waals surface area contributed by atoms with Gasteiger partial charge in [0.25, 0.3) is 0 Å². The van der Waals surface area contributed by atoms with Crippen LogP contribution in [0.1, 0.15) is 11.1 Å². The zero-order valence-electron chi connectivity index (χ0n) is 15.9. The maximum atomic E-state index is 13.8. The van der Waals surface area contributed by atoms with Crippen LogP contribution in [-0.2, 0) is 17.8 Å². The number of aliphatic imine (C=N–C) groups is 1. The number of halogens is 2. The van der Waals surface area contributed by atoms with Crippen LogP contribution in [0.2, 0.25) is 0 Å². The molecular weight excluding hydrogens is 448 g/mol. The van der Waals surface area contributed by atoms with Gasteiger partial charge >= 0.3 is 0 Å². The van der Waals surface area contributed by atoms with Gasteiger partial charge in [0, 0.05) is 51.9 Å². The highest BCUT2D eigenvalue weighted by molar-refractivity contribution is 14.0. The van der Waals surface area contributed by atoms with Crippen molar-refractivity contribution in [1.82, 2.24) is 20.4 Å². The normalized spacial score (nSPS) is 15.7. The van der Waals surface area contributed by atoms with Crippen LogP contribution in [0.15, 0.2) is 23.2 Å². The Balaban J connectivity index is 0.00000338. The molecule has 0 aromatic heterocycles. The van der Waals surface area contributed by atoms with E-state index in [0.717, 1.165) is 50.9 Å². The molecule has 1 aliphatic heterocycles. The Kier molecular flexibility index (Phi) is 11.0. The molecule has 0 saturated carbocycles. The highest BCUT2D eigenvalue weighted by Crippen LogP contribution is 2.12. The zero-order chi connectivity index (χ0) is 18.1. The standard InChI is InChI=1S/C18H30FN5O.HI/c1-20-18(21-6-7-24-8-10-25-11-9-24)22-13-15-4-5-17(19)16(12-15)14-23(2)3;/h4-5,12H,6-11,13-14H2,1-3H3,(H2,20,21,22);1H. The van der Waals surface area contributed by atoms with Crippen LogP contribution < -0.4 is 10.6 Å². The van der Waals surface area contributed by atoms with E-state index < -0.39 is 0 Å². The molecule has 1 aliphatic rings. The third-order valence-corrected chi connectivity index (χ3v) is 4.10. The van der Waals surface area contributed by atoms with Crippen molar-refractivity contribution in [2.24, 2.45) is 4.99 Å². The molecule has 0 unspecified atom stereocenters. The van der Waals surface area contributed by atoms with Crippen molar-refractivity contribution >= 4 is 29.9 Å². The second-order valence-electron chi connectivity index (χ2n) is 6.47. The van der Waals surface area contributed by atoms with Crippen molar-refractivity contribution in [3.05, 3.63) is 35.1 Å². The molecule has 0 amide bonds. The second-order valence-corrected chi connectivity index (χ2v) is 6.47. The summed E-state index contributed by atoms with van der Waals surface area (Å²) >= 11 is 0. The molecule has 8 heteroatoms. The SMILES string of the molecule is CN=C(NCCN1CCOCC1)NCc1ccc(F)c(CN(C)C)c1.I. The fraction of sp³-hybridized carbons (Fsp3) is 0.611. The molecule has 0 radical (unpaired) electrons. The van der Waals surface area contributed by atoms with E-state index in [9.17, 15) is 4.39 Å². The molecule has 1 fully saturated rings. The summed E-state index contributed by atoms with van der Waals surface area (Å²) in [5.41, 5.74) is 1.74. The molecule has 1 heterocycles. The molecule has 1 aromatic rings. The van der Waals surface area contributed by atoms with E-state index in [4.69, 9.17) is 4.74 Å². The molecule has 148 valence electrons. The predicted octanol–water partition coefficient (Wildman–Crippen LogP) is 1.50. The molecule has 0 spiro atoms. The number of benzene rings is 1. The lowest BCUT2D eigenvalue weighted by molar-refractivity contribution is 0.0389. The summed E-state index contributed by atoms with van der Waals surface area (Å²) in [7, 11) is 5.63. The van der Waals surface area contributed by atoms with Gasteiger partial charge in [-0.3, -0.25) is 9.89 Å². The van der Waals surface area contributed by atoms with Gasteiger partial charge in [-0.15, -0.1) is 24.0 Å². The van der Waals surface area contributed by atoms with Crippen LogP contribution in [0.4, 0.5) is 4.39 Å². The minimum absolute atomic E-state index is 0. The zero-order valence-corrected chi connectivity index (χ0v) is 18.3. The number of ether oxygens (including phenoxy) is 1. The highest BCUT2D eigenvalue weighted by Gasteiger charge is 2.10. The third-order valence-electron chi connectivity index (χ3n) is 4.10. The maximum Gasteiger partial charge on any atom is 0.191 e. The van der Waals surface area contributed by atoms with E-state index in [0.29, 0.717) is 18.7 Å². The van der Waals surface area contributed by atoms with Crippen LogP contribution in [-0.4, -0.2) is 76.3 Å². The Labute approximate surface area is 173 Å². The van der Waals surface area contributed by atoms with Gasteiger partial charge in [0.05, 0.1) is 13.2 Å². The number of rotatable bonds is 7. The van der Waals surface area contributed by atoms with Crippen LogP contribution in [0, 0.1) is 5.82 Å². The number of morpholine rings is 1. The molecule has 0 bridgehead atoms. The molecule has 0 aliphatic carbocycles. The van der Waals surface area contributed by atoms with E-state index in [1.54, 1.807) is 7.05 Å². The van der Waals surface area contributed by atoms with Crippen molar-refractivity contribution < 1.29 is 9.13 Å². The second kappa shape index (κ2) is 12.4. The van der Waals surface area contributed by atoms with Gasteiger partial charge < -0.3 is 20.3 Å². The number of guanidine groups is 1. The first-order valence-electron chi connectivity index (χ1n) is 8.75. The summed E-state index contributed by atoms with van der Waals surface area (Å²) < 4.78 is 19.2. The third kappa shape index (κ3) is 8.15. The van der Waals surface area contributed by atoms with Gasteiger partial charge in [0.15, 0.2) is 5.96 Å². The van der Waals surface area contributed by atoms with E-state index >= 15 is 0 Å². The number of hydrogen-bond acceptors (Lipinski definition) is 4. The fourth-order valence-electron chi connectivity index (χ4n) is 2.76. The van der Waals surface area contributed by atoms with Crippen molar-refractivity contribution in [1.29, 1.82) is 0 Å². The summed E-state index contributed by atoms with van der Waals surface area (Å²) in [4.78, 5) is 8.58. The molecular formula is C18H31FIN5O. The number of nitrogens with zero attached hydrogens (tertiary/aromatic N) is 3. The Morgan fingerprint density at radius 3 is 2.65 bits per heavy atom.